The summed E-state index contributed by atoms with van der Waals surface area (Å²) in [6.07, 6.45) is 0.972. The summed E-state index contributed by atoms with van der Waals surface area (Å²) in [5.41, 5.74) is 8.13. The Balaban J connectivity index is 1.93. The highest BCUT2D eigenvalue weighted by Crippen LogP contribution is 2.19. The van der Waals surface area contributed by atoms with E-state index in [9.17, 15) is 4.79 Å². The van der Waals surface area contributed by atoms with Crippen LogP contribution in [0.2, 0.25) is 0 Å². The van der Waals surface area contributed by atoms with E-state index in [1.807, 2.05) is 25.1 Å². The lowest BCUT2D eigenvalue weighted by molar-refractivity contribution is -0.137. The van der Waals surface area contributed by atoms with Crippen LogP contribution in [0, 0.1) is 6.92 Å². The van der Waals surface area contributed by atoms with Gasteiger partial charge in [-0.2, -0.15) is 5.06 Å². The molecule has 2 rings (SSSR count). The molecule has 5 nitrogen and oxygen atoms in total. The van der Waals surface area contributed by atoms with Crippen molar-refractivity contribution >= 4 is 17.3 Å². The number of nitrogen functional groups attached to an aromatic ring is 1. The number of carbonyl (C=O) groups is 1. The zero-order valence-electron chi connectivity index (χ0n) is 9.90. The van der Waals surface area contributed by atoms with E-state index in [2.05, 4.69) is 5.32 Å². The van der Waals surface area contributed by atoms with Gasteiger partial charge in [0.15, 0.2) is 0 Å². The van der Waals surface area contributed by atoms with Crippen molar-refractivity contribution in [1.82, 2.24) is 5.06 Å². The Morgan fingerprint density at radius 3 is 3.06 bits per heavy atom. The van der Waals surface area contributed by atoms with Crippen LogP contribution in [0.4, 0.5) is 11.4 Å². The minimum absolute atomic E-state index is 0.109. The molecule has 0 aliphatic carbocycles. The number of hydroxylamine groups is 2. The van der Waals surface area contributed by atoms with Crippen molar-refractivity contribution in [3.05, 3.63) is 23.8 Å². The van der Waals surface area contributed by atoms with Crippen LogP contribution in [-0.4, -0.2) is 30.7 Å². The molecule has 1 fully saturated rings. The van der Waals surface area contributed by atoms with Gasteiger partial charge in [0.05, 0.1) is 18.0 Å². The molecule has 0 bridgehead atoms. The van der Waals surface area contributed by atoms with Crippen LogP contribution in [0.15, 0.2) is 18.2 Å². The molecule has 0 spiro atoms. The summed E-state index contributed by atoms with van der Waals surface area (Å²) < 4.78 is 0. The standard InChI is InChI=1S/C12H17N3O2/c1-9-3-4-11(10(13)7-9)14-12(16)8-15-5-2-6-17-15/h3-4,7H,2,5-6,8,13H2,1H3,(H,14,16). The number of rotatable bonds is 3. The summed E-state index contributed by atoms with van der Waals surface area (Å²) in [5.74, 6) is -0.109. The van der Waals surface area contributed by atoms with Gasteiger partial charge in [-0.05, 0) is 31.0 Å². The number of aryl methyl sites for hydroxylation is 1. The normalized spacial score (nSPS) is 16.1. The van der Waals surface area contributed by atoms with Gasteiger partial charge >= 0.3 is 0 Å². The number of nitrogens with one attached hydrogen (secondary N) is 1. The quantitative estimate of drug-likeness (QED) is 0.771. The maximum atomic E-state index is 11.7. The van der Waals surface area contributed by atoms with Crippen LogP contribution in [0.1, 0.15) is 12.0 Å². The zero-order chi connectivity index (χ0) is 12.3. The first-order valence-electron chi connectivity index (χ1n) is 5.69. The van der Waals surface area contributed by atoms with Gasteiger partial charge in [0.25, 0.3) is 0 Å². The average molecular weight is 235 g/mol. The number of nitrogens with zero attached hydrogens (tertiary/aromatic N) is 1. The molecule has 1 heterocycles. The molecular formula is C12H17N3O2. The van der Waals surface area contributed by atoms with Gasteiger partial charge in [-0.3, -0.25) is 9.63 Å². The molecule has 1 aliphatic heterocycles. The Bertz CT molecular complexity index is 414. The number of anilines is 2. The fraction of sp³-hybridized carbons (Fsp3) is 0.417. The highest BCUT2D eigenvalue weighted by Gasteiger charge is 2.16. The summed E-state index contributed by atoms with van der Waals surface area (Å²) in [4.78, 5) is 17.0. The summed E-state index contributed by atoms with van der Waals surface area (Å²) in [7, 11) is 0. The lowest BCUT2D eigenvalue weighted by atomic mass is 10.2. The van der Waals surface area contributed by atoms with Crippen LogP contribution in [0.5, 0.6) is 0 Å². The third kappa shape index (κ3) is 3.18. The van der Waals surface area contributed by atoms with Crippen molar-refractivity contribution in [3.63, 3.8) is 0 Å². The van der Waals surface area contributed by atoms with Gasteiger partial charge in [0.2, 0.25) is 5.91 Å². The molecule has 3 N–H and O–H groups in total. The van der Waals surface area contributed by atoms with Gasteiger partial charge in [-0.1, -0.05) is 6.07 Å². The minimum atomic E-state index is -0.109. The molecule has 5 heteroatoms. The Hall–Kier alpha value is -1.59. The van der Waals surface area contributed by atoms with Gasteiger partial charge in [0, 0.05) is 6.54 Å². The van der Waals surface area contributed by atoms with Crippen molar-refractivity contribution in [1.29, 1.82) is 0 Å². The Labute approximate surface area is 100 Å². The third-order valence-corrected chi connectivity index (χ3v) is 2.63. The number of nitrogens with two attached hydrogens (primary N) is 1. The Morgan fingerprint density at radius 1 is 1.59 bits per heavy atom. The third-order valence-electron chi connectivity index (χ3n) is 2.63. The molecule has 0 unspecified atom stereocenters. The van der Waals surface area contributed by atoms with E-state index >= 15 is 0 Å². The predicted molar refractivity (Wildman–Crippen MR) is 66.4 cm³/mol. The number of benzene rings is 1. The number of amides is 1. The number of carbonyl (C=O) groups excluding carboxylic acids is 1. The predicted octanol–water partition coefficient (Wildman–Crippen LogP) is 1.15. The van der Waals surface area contributed by atoms with Crippen LogP contribution in [-0.2, 0) is 9.63 Å². The summed E-state index contributed by atoms with van der Waals surface area (Å²) in [6, 6.07) is 5.56. The molecule has 17 heavy (non-hydrogen) atoms. The lowest BCUT2D eigenvalue weighted by Gasteiger charge is -2.14. The van der Waals surface area contributed by atoms with Crippen molar-refractivity contribution < 1.29 is 9.63 Å². The highest BCUT2D eigenvalue weighted by molar-refractivity contribution is 5.95. The maximum absolute atomic E-state index is 11.7. The molecule has 1 aromatic carbocycles. The van der Waals surface area contributed by atoms with Crippen LogP contribution >= 0.6 is 0 Å². The SMILES string of the molecule is Cc1ccc(NC(=O)CN2CCCO2)c(N)c1. The van der Waals surface area contributed by atoms with Gasteiger partial charge in [-0.25, -0.2) is 0 Å². The van der Waals surface area contributed by atoms with Crippen molar-refractivity contribution in [2.24, 2.45) is 0 Å². The van der Waals surface area contributed by atoms with E-state index in [1.165, 1.54) is 0 Å². The molecule has 0 radical (unpaired) electrons. The van der Waals surface area contributed by atoms with E-state index < -0.39 is 0 Å². The molecule has 1 saturated heterocycles. The van der Waals surface area contributed by atoms with Crippen molar-refractivity contribution in [2.45, 2.75) is 13.3 Å². The topological polar surface area (TPSA) is 67.6 Å². The van der Waals surface area contributed by atoms with E-state index in [0.717, 1.165) is 18.5 Å². The van der Waals surface area contributed by atoms with E-state index in [-0.39, 0.29) is 12.5 Å². The van der Waals surface area contributed by atoms with Crippen LogP contribution in [0.25, 0.3) is 0 Å². The molecule has 0 saturated carbocycles. The lowest BCUT2D eigenvalue weighted by Crippen LogP contribution is -2.30. The largest absolute Gasteiger partial charge is 0.397 e. The van der Waals surface area contributed by atoms with Crippen LogP contribution in [0.3, 0.4) is 0 Å². The fourth-order valence-electron chi connectivity index (χ4n) is 1.77. The molecular weight excluding hydrogens is 218 g/mol. The monoisotopic (exact) mass is 235 g/mol. The first-order chi connectivity index (χ1) is 8.15. The number of hydrogen-bond acceptors (Lipinski definition) is 4. The molecule has 92 valence electrons. The summed E-state index contributed by atoms with van der Waals surface area (Å²) in [5, 5.41) is 4.45. The van der Waals surface area contributed by atoms with Gasteiger partial charge < -0.3 is 11.1 Å². The molecule has 1 amide bonds. The van der Waals surface area contributed by atoms with E-state index in [0.29, 0.717) is 18.0 Å². The minimum Gasteiger partial charge on any atom is -0.397 e. The van der Waals surface area contributed by atoms with E-state index in [1.54, 1.807) is 5.06 Å². The second-order valence-electron chi connectivity index (χ2n) is 4.19. The Morgan fingerprint density at radius 2 is 2.41 bits per heavy atom. The smallest absolute Gasteiger partial charge is 0.241 e. The molecule has 1 aliphatic rings. The van der Waals surface area contributed by atoms with Gasteiger partial charge in [0.1, 0.15) is 6.54 Å². The first-order valence-corrected chi connectivity index (χ1v) is 5.69. The molecule has 0 aromatic heterocycles. The fourth-order valence-corrected chi connectivity index (χ4v) is 1.77. The van der Waals surface area contributed by atoms with Crippen molar-refractivity contribution in [2.75, 3.05) is 30.7 Å². The second-order valence-corrected chi connectivity index (χ2v) is 4.19. The van der Waals surface area contributed by atoms with E-state index in [4.69, 9.17) is 10.6 Å². The summed E-state index contributed by atoms with van der Waals surface area (Å²) in [6.45, 7) is 3.70. The Kier molecular flexibility index (Phi) is 3.61. The molecule has 1 aromatic rings. The van der Waals surface area contributed by atoms with Crippen molar-refractivity contribution in [3.8, 4) is 0 Å². The molecule has 0 atom stereocenters. The highest BCUT2D eigenvalue weighted by atomic mass is 16.7. The average Bonchev–Trinajstić information content (AvgIpc) is 2.75. The summed E-state index contributed by atoms with van der Waals surface area (Å²) >= 11 is 0. The first kappa shape index (κ1) is 11.9. The second kappa shape index (κ2) is 5.16. The van der Waals surface area contributed by atoms with Crippen LogP contribution < -0.4 is 11.1 Å². The number of hydrogen-bond donors (Lipinski definition) is 2. The maximum Gasteiger partial charge on any atom is 0.241 e. The van der Waals surface area contributed by atoms with Gasteiger partial charge in [-0.15, -0.1) is 0 Å². The zero-order valence-corrected chi connectivity index (χ0v) is 9.90.